The van der Waals surface area contributed by atoms with E-state index in [0.29, 0.717) is 5.69 Å². The SMILES string of the molecule is C[C@@H](C(=O)O)N(C)C(=O)Cc1cn(-c2ccccc2)nc1-c1ccc(Br)cc1. The summed E-state index contributed by atoms with van der Waals surface area (Å²) in [5.41, 5.74) is 3.20. The lowest BCUT2D eigenvalue weighted by Gasteiger charge is -2.21. The Bertz CT molecular complexity index is 984. The molecule has 3 aromatic rings. The molecule has 0 fully saturated rings. The van der Waals surface area contributed by atoms with Crippen LogP contribution in [0.25, 0.3) is 16.9 Å². The minimum Gasteiger partial charge on any atom is -0.480 e. The second-order valence-corrected chi connectivity index (χ2v) is 7.40. The van der Waals surface area contributed by atoms with E-state index in [2.05, 4.69) is 21.0 Å². The van der Waals surface area contributed by atoms with Gasteiger partial charge in [0.2, 0.25) is 5.91 Å². The van der Waals surface area contributed by atoms with Crippen LogP contribution in [0.2, 0.25) is 0 Å². The molecule has 1 aromatic heterocycles. The maximum absolute atomic E-state index is 12.7. The number of carboxylic acid groups (broad SMARTS) is 1. The summed E-state index contributed by atoms with van der Waals surface area (Å²) in [6.07, 6.45) is 1.89. The van der Waals surface area contributed by atoms with Gasteiger partial charge in [-0.25, -0.2) is 9.48 Å². The number of halogens is 1. The van der Waals surface area contributed by atoms with Gasteiger partial charge in [-0.05, 0) is 31.2 Å². The number of carboxylic acids is 1. The van der Waals surface area contributed by atoms with Crippen molar-refractivity contribution in [2.24, 2.45) is 0 Å². The van der Waals surface area contributed by atoms with Gasteiger partial charge < -0.3 is 10.0 Å². The van der Waals surface area contributed by atoms with Gasteiger partial charge in [0.05, 0.1) is 17.8 Å². The van der Waals surface area contributed by atoms with Crippen LogP contribution in [0.1, 0.15) is 12.5 Å². The molecule has 6 nitrogen and oxygen atoms in total. The predicted molar refractivity (Wildman–Crippen MR) is 110 cm³/mol. The number of aromatic nitrogens is 2. The smallest absolute Gasteiger partial charge is 0.326 e. The Hall–Kier alpha value is -2.93. The number of aliphatic carboxylic acids is 1. The van der Waals surface area contributed by atoms with Gasteiger partial charge in [0.1, 0.15) is 6.04 Å². The molecule has 0 aliphatic rings. The molecule has 144 valence electrons. The third-order valence-corrected chi connectivity index (χ3v) is 5.13. The number of carbonyl (C=O) groups is 2. The van der Waals surface area contributed by atoms with Crippen LogP contribution in [-0.2, 0) is 16.0 Å². The van der Waals surface area contributed by atoms with E-state index >= 15 is 0 Å². The topological polar surface area (TPSA) is 75.4 Å². The molecule has 1 amide bonds. The molecule has 0 saturated carbocycles. The number of carbonyl (C=O) groups excluding carboxylic acids is 1. The molecular weight excluding hydrogens is 422 g/mol. The summed E-state index contributed by atoms with van der Waals surface area (Å²) in [5, 5.41) is 13.9. The van der Waals surface area contributed by atoms with Crippen LogP contribution in [0.3, 0.4) is 0 Å². The van der Waals surface area contributed by atoms with Gasteiger partial charge in [0, 0.05) is 28.8 Å². The van der Waals surface area contributed by atoms with E-state index in [-0.39, 0.29) is 12.3 Å². The number of nitrogens with zero attached hydrogens (tertiary/aromatic N) is 3. The Kier molecular flexibility index (Phi) is 5.94. The van der Waals surface area contributed by atoms with E-state index in [1.54, 1.807) is 4.68 Å². The Morgan fingerprint density at radius 1 is 1.14 bits per heavy atom. The molecule has 1 N–H and O–H groups in total. The largest absolute Gasteiger partial charge is 0.480 e. The zero-order valence-corrected chi connectivity index (χ0v) is 17.1. The van der Waals surface area contributed by atoms with Crippen LogP contribution < -0.4 is 0 Å². The van der Waals surface area contributed by atoms with E-state index < -0.39 is 12.0 Å². The first-order valence-corrected chi connectivity index (χ1v) is 9.54. The maximum atomic E-state index is 12.7. The minimum atomic E-state index is -1.04. The summed E-state index contributed by atoms with van der Waals surface area (Å²) >= 11 is 3.43. The van der Waals surface area contributed by atoms with Gasteiger partial charge in [0.25, 0.3) is 0 Å². The molecule has 28 heavy (non-hydrogen) atoms. The zero-order valence-electron chi connectivity index (χ0n) is 15.5. The standard InChI is InChI=1S/C21H20BrN3O3/c1-14(21(27)28)24(2)19(26)12-16-13-25(18-6-4-3-5-7-18)23-20(16)15-8-10-17(22)11-9-15/h3-11,13-14H,12H2,1-2H3,(H,27,28)/t14-/m0/s1. The Labute approximate surface area is 171 Å². The van der Waals surface area contributed by atoms with Crippen molar-refractivity contribution >= 4 is 27.8 Å². The van der Waals surface area contributed by atoms with Crippen LogP contribution in [-0.4, -0.2) is 44.8 Å². The fraction of sp³-hybridized carbons (Fsp3) is 0.190. The number of hydrogen-bond donors (Lipinski definition) is 1. The van der Waals surface area contributed by atoms with Gasteiger partial charge in [-0.3, -0.25) is 4.79 Å². The lowest BCUT2D eigenvalue weighted by molar-refractivity contribution is -0.147. The molecule has 2 aromatic carbocycles. The number of benzene rings is 2. The third kappa shape index (κ3) is 4.31. The number of para-hydroxylation sites is 1. The number of likely N-dealkylation sites (N-methyl/N-ethyl adjacent to an activating group) is 1. The fourth-order valence-corrected chi connectivity index (χ4v) is 3.04. The predicted octanol–water partition coefficient (Wildman–Crippen LogP) is 3.78. The average molecular weight is 442 g/mol. The van der Waals surface area contributed by atoms with E-state index in [1.165, 1.54) is 18.9 Å². The molecule has 7 heteroatoms. The first kappa shape index (κ1) is 19.8. The monoisotopic (exact) mass is 441 g/mol. The summed E-state index contributed by atoms with van der Waals surface area (Å²) in [6, 6.07) is 16.4. The van der Waals surface area contributed by atoms with Crippen molar-refractivity contribution in [2.75, 3.05) is 7.05 Å². The van der Waals surface area contributed by atoms with Crippen LogP contribution >= 0.6 is 15.9 Å². The van der Waals surface area contributed by atoms with Crippen molar-refractivity contribution in [1.29, 1.82) is 0 Å². The highest BCUT2D eigenvalue weighted by Crippen LogP contribution is 2.26. The molecule has 0 unspecified atom stereocenters. The molecule has 1 atom stereocenters. The third-order valence-electron chi connectivity index (χ3n) is 4.60. The van der Waals surface area contributed by atoms with Gasteiger partial charge in [-0.2, -0.15) is 5.10 Å². The molecule has 0 bridgehead atoms. The lowest BCUT2D eigenvalue weighted by Crippen LogP contribution is -2.41. The van der Waals surface area contributed by atoms with Crippen LogP contribution in [0, 0.1) is 0 Å². The van der Waals surface area contributed by atoms with Crippen LogP contribution in [0.4, 0.5) is 0 Å². The van der Waals surface area contributed by atoms with E-state index in [0.717, 1.165) is 21.3 Å². The summed E-state index contributed by atoms with van der Waals surface area (Å²) in [6.45, 7) is 1.49. The van der Waals surface area contributed by atoms with Crippen molar-refractivity contribution in [3.8, 4) is 16.9 Å². The molecule has 3 rings (SSSR count). The van der Waals surface area contributed by atoms with Crippen LogP contribution in [0.5, 0.6) is 0 Å². The number of rotatable bonds is 6. The van der Waals surface area contributed by atoms with Crippen LogP contribution in [0.15, 0.2) is 65.3 Å². The molecule has 0 aliphatic carbocycles. The first-order chi connectivity index (χ1) is 13.4. The maximum Gasteiger partial charge on any atom is 0.326 e. The Morgan fingerprint density at radius 3 is 2.39 bits per heavy atom. The fourth-order valence-electron chi connectivity index (χ4n) is 2.77. The molecule has 0 aliphatic heterocycles. The van der Waals surface area contributed by atoms with Crippen molar-refractivity contribution in [3.63, 3.8) is 0 Å². The Balaban J connectivity index is 1.98. The van der Waals surface area contributed by atoms with Gasteiger partial charge >= 0.3 is 5.97 Å². The van der Waals surface area contributed by atoms with Gasteiger partial charge in [-0.1, -0.05) is 46.3 Å². The second kappa shape index (κ2) is 8.39. The second-order valence-electron chi connectivity index (χ2n) is 6.49. The molecule has 0 radical (unpaired) electrons. The van der Waals surface area contributed by atoms with E-state index in [9.17, 15) is 9.59 Å². The summed E-state index contributed by atoms with van der Waals surface area (Å²) < 4.78 is 2.69. The number of hydrogen-bond acceptors (Lipinski definition) is 3. The molecule has 0 spiro atoms. The summed E-state index contributed by atoms with van der Waals surface area (Å²) in [4.78, 5) is 25.1. The van der Waals surface area contributed by atoms with E-state index in [1.807, 2.05) is 60.8 Å². The lowest BCUT2D eigenvalue weighted by atomic mass is 10.1. The highest BCUT2D eigenvalue weighted by molar-refractivity contribution is 9.10. The summed E-state index contributed by atoms with van der Waals surface area (Å²) in [5.74, 6) is -1.31. The highest BCUT2D eigenvalue weighted by atomic mass is 79.9. The normalized spacial score (nSPS) is 11.8. The quantitative estimate of drug-likeness (QED) is 0.631. The van der Waals surface area contributed by atoms with Crippen molar-refractivity contribution in [2.45, 2.75) is 19.4 Å². The molecule has 0 saturated heterocycles. The highest BCUT2D eigenvalue weighted by Gasteiger charge is 2.24. The first-order valence-electron chi connectivity index (χ1n) is 8.75. The summed E-state index contributed by atoms with van der Waals surface area (Å²) in [7, 11) is 1.50. The zero-order chi connectivity index (χ0) is 20.3. The molecular formula is C21H20BrN3O3. The van der Waals surface area contributed by atoms with Gasteiger partial charge in [-0.15, -0.1) is 0 Å². The minimum absolute atomic E-state index is 0.0619. The van der Waals surface area contributed by atoms with Crippen molar-refractivity contribution in [3.05, 3.63) is 70.8 Å². The van der Waals surface area contributed by atoms with Crippen molar-refractivity contribution < 1.29 is 14.7 Å². The number of amides is 1. The van der Waals surface area contributed by atoms with Crippen molar-refractivity contribution in [1.82, 2.24) is 14.7 Å². The van der Waals surface area contributed by atoms with Gasteiger partial charge in [0.15, 0.2) is 0 Å². The van der Waals surface area contributed by atoms with E-state index in [4.69, 9.17) is 5.11 Å². The Morgan fingerprint density at radius 2 is 1.79 bits per heavy atom. The average Bonchev–Trinajstić information content (AvgIpc) is 3.11. The molecule has 1 heterocycles.